The molecule has 0 aliphatic carbocycles. The zero-order chi connectivity index (χ0) is 22.6. The fourth-order valence-corrected chi connectivity index (χ4v) is 3.98. The minimum Gasteiger partial charge on any atom is -0.380 e. The second kappa shape index (κ2) is 7.22. The van der Waals surface area contributed by atoms with E-state index in [1.54, 1.807) is 35.0 Å². The molecule has 164 valence electrons. The third kappa shape index (κ3) is 3.25. The lowest BCUT2D eigenvalue weighted by molar-refractivity contribution is -0.184. The average Bonchev–Trinajstić information content (AvgIpc) is 3.38. The molecular formula is C24H20N6O3. The topological polar surface area (TPSA) is 118 Å². The van der Waals surface area contributed by atoms with Crippen LogP contribution in [0.2, 0.25) is 0 Å². The van der Waals surface area contributed by atoms with Crippen molar-refractivity contribution in [2.24, 2.45) is 0 Å². The third-order valence-electron chi connectivity index (χ3n) is 5.91. The van der Waals surface area contributed by atoms with Crippen molar-refractivity contribution in [3.8, 4) is 5.95 Å². The summed E-state index contributed by atoms with van der Waals surface area (Å²) in [5.74, 6) is 0.288. The quantitative estimate of drug-likeness (QED) is 0.395. The number of aryl methyl sites for hydroxylation is 1. The molecule has 0 unspecified atom stereocenters. The van der Waals surface area contributed by atoms with Gasteiger partial charge in [0.05, 0.1) is 35.5 Å². The Hall–Kier alpha value is -4.08. The lowest BCUT2D eigenvalue weighted by Gasteiger charge is -2.36. The Bertz CT molecular complexity index is 1480. The number of carbonyl (C=O) groups excluding carboxylic acids is 1. The Balaban J connectivity index is 1.28. The first kappa shape index (κ1) is 19.6. The zero-order valence-electron chi connectivity index (χ0n) is 17.7. The number of amides is 1. The normalized spacial score (nSPS) is 15.0. The number of fused-ring (bicyclic) bond motifs is 2. The number of aromatic amines is 1. The van der Waals surface area contributed by atoms with Gasteiger partial charge in [-0.1, -0.05) is 24.3 Å². The van der Waals surface area contributed by atoms with Gasteiger partial charge in [-0.25, -0.2) is 9.97 Å². The smallest absolute Gasteiger partial charge is 0.257 e. The van der Waals surface area contributed by atoms with Gasteiger partial charge in [0.1, 0.15) is 5.60 Å². The first-order chi connectivity index (χ1) is 16.0. The molecule has 0 bridgehead atoms. The summed E-state index contributed by atoms with van der Waals surface area (Å²) in [6.45, 7) is 2.44. The van der Waals surface area contributed by atoms with Crippen molar-refractivity contribution in [3.63, 3.8) is 0 Å². The zero-order valence-corrected chi connectivity index (χ0v) is 17.7. The highest BCUT2D eigenvalue weighted by Crippen LogP contribution is 2.30. The molecule has 0 spiro atoms. The molecular weight excluding hydrogens is 420 g/mol. The van der Waals surface area contributed by atoms with Crippen LogP contribution in [-0.2, 0) is 10.3 Å². The predicted molar refractivity (Wildman–Crippen MR) is 122 cm³/mol. The van der Waals surface area contributed by atoms with Crippen LogP contribution in [0, 0.1) is 6.92 Å². The lowest BCUT2D eigenvalue weighted by Crippen LogP contribution is -2.46. The molecule has 1 amide bonds. The predicted octanol–water partition coefficient (Wildman–Crippen LogP) is 3.08. The van der Waals surface area contributed by atoms with Gasteiger partial charge in [-0.3, -0.25) is 4.79 Å². The minimum atomic E-state index is -0.935. The van der Waals surface area contributed by atoms with E-state index in [1.807, 2.05) is 31.2 Å². The number of hydrogen-bond donors (Lipinski definition) is 3. The summed E-state index contributed by atoms with van der Waals surface area (Å²) in [4.78, 5) is 25.2. The van der Waals surface area contributed by atoms with E-state index in [2.05, 4.69) is 25.4 Å². The first-order valence-electron chi connectivity index (χ1n) is 10.5. The van der Waals surface area contributed by atoms with Crippen molar-refractivity contribution in [2.75, 3.05) is 18.5 Å². The van der Waals surface area contributed by atoms with Crippen LogP contribution in [0.3, 0.4) is 0 Å². The second-order valence-corrected chi connectivity index (χ2v) is 8.23. The van der Waals surface area contributed by atoms with Gasteiger partial charge in [0, 0.05) is 17.3 Å². The number of aliphatic hydroxyl groups is 1. The molecule has 6 rings (SSSR count). The fourth-order valence-electron chi connectivity index (χ4n) is 3.98. The summed E-state index contributed by atoms with van der Waals surface area (Å²) in [5, 5.41) is 18.6. The van der Waals surface area contributed by atoms with Crippen molar-refractivity contribution in [3.05, 3.63) is 77.6 Å². The van der Waals surface area contributed by atoms with Crippen molar-refractivity contribution < 1.29 is 14.6 Å². The van der Waals surface area contributed by atoms with Gasteiger partial charge in [0.25, 0.3) is 5.91 Å². The van der Waals surface area contributed by atoms with Crippen LogP contribution in [0.5, 0.6) is 0 Å². The van der Waals surface area contributed by atoms with Crippen molar-refractivity contribution in [1.29, 1.82) is 0 Å². The van der Waals surface area contributed by atoms with E-state index in [0.717, 1.165) is 27.7 Å². The Morgan fingerprint density at radius 2 is 1.97 bits per heavy atom. The molecule has 3 N–H and O–H groups in total. The lowest BCUT2D eigenvalue weighted by atomic mass is 9.92. The van der Waals surface area contributed by atoms with E-state index in [-0.39, 0.29) is 19.1 Å². The minimum absolute atomic E-state index is 0.279. The molecule has 1 aliphatic heterocycles. The van der Waals surface area contributed by atoms with Gasteiger partial charge in [0.15, 0.2) is 5.65 Å². The highest BCUT2D eigenvalue weighted by atomic mass is 16.5. The second-order valence-electron chi connectivity index (χ2n) is 8.23. The summed E-state index contributed by atoms with van der Waals surface area (Å²) in [6, 6.07) is 16.6. The van der Waals surface area contributed by atoms with Crippen molar-refractivity contribution >= 4 is 33.7 Å². The number of hydrogen-bond acceptors (Lipinski definition) is 6. The number of nitrogens with zero attached hydrogens (tertiary/aromatic N) is 4. The number of rotatable bonds is 4. The summed E-state index contributed by atoms with van der Waals surface area (Å²) >= 11 is 0. The van der Waals surface area contributed by atoms with Gasteiger partial charge < -0.3 is 20.1 Å². The van der Waals surface area contributed by atoms with Crippen LogP contribution in [0.1, 0.15) is 21.6 Å². The number of aromatic nitrogens is 5. The van der Waals surface area contributed by atoms with Crippen LogP contribution in [0.15, 0.2) is 60.8 Å². The number of nitrogens with one attached hydrogen (secondary N) is 2. The monoisotopic (exact) mass is 440 g/mol. The molecule has 0 saturated carbocycles. The SMILES string of the molecule is Cc1nn(-c2nc3ccccc3[nH]2)c2ncc(C(=O)Nc3ccc(C4(O)COC4)cc3)cc12. The van der Waals surface area contributed by atoms with Gasteiger partial charge in [-0.2, -0.15) is 9.78 Å². The van der Waals surface area contributed by atoms with Gasteiger partial charge >= 0.3 is 0 Å². The van der Waals surface area contributed by atoms with E-state index in [9.17, 15) is 9.90 Å². The van der Waals surface area contributed by atoms with Crippen LogP contribution in [0.4, 0.5) is 5.69 Å². The third-order valence-corrected chi connectivity index (χ3v) is 5.91. The summed E-state index contributed by atoms with van der Waals surface area (Å²) < 4.78 is 6.75. The number of ether oxygens (including phenoxy) is 1. The number of para-hydroxylation sites is 2. The molecule has 0 radical (unpaired) electrons. The molecule has 1 fully saturated rings. The van der Waals surface area contributed by atoms with Crippen molar-refractivity contribution in [1.82, 2.24) is 24.7 Å². The van der Waals surface area contributed by atoms with E-state index in [0.29, 0.717) is 22.8 Å². The van der Waals surface area contributed by atoms with E-state index < -0.39 is 5.60 Å². The number of benzene rings is 2. The fraction of sp³-hybridized carbons (Fsp3) is 0.167. The largest absolute Gasteiger partial charge is 0.380 e. The Kier molecular flexibility index (Phi) is 4.29. The maximum absolute atomic E-state index is 12.8. The van der Waals surface area contributed by atoms with Gasteiger partial charge in [-0.15, -0.1) is 0 Å². The van der Waals surface area contributed by atoms with Gasteiger partial charge in [-0.05, 0) is 42.8 Å². The van der Waals surface area contributed by atoms with Crippen LogP contribution >= 0.6 is 0 Å². The molecule has 1 aliphatic rings. The Morgan fingerprint density at radius 1 is 1.18 bits per heavy atom. The molecule has 4 heterocycles. The van der Waals surface area contributed by atoms with Crippen molar-refractivity contribution in [2.45, 2.75) is 12.5 Å². The average molecular weight is 440 g/mol. The molecule has 9 heteroatoms. The number of imidazole rings is 1. The summed E-state index contributed by atoms with van der Waals surface area (Å²) in [6.07, 6.45) is 1.53. The molecule has 3 aromatic heterocycles. The maximum atomic E-state index is 12.8. The van der Waals surface area contributed by atoms with Crippen LogP contribution in [-0.4, -0.2) is 49.0 Å². The van der Waals surface area contributed by atoms with Crippen LogP contribution < -0.4 is 5.32 Å². The molecule has 1 saturated heterocycles. The van der Waals surface area contributed by atoms with Gasteiger partial charge in [0.2, 0.25) is 5.95 Å². The number of H-pyrrole nitrogens is 1. The number of carbonyl (C=O) groups is 1. The summed E-state index contributed by atoms with van der Waals surface area (Å²) in [5.41, 5.74) is 3.99. The van der Waals surface area contributed by atoms with Crippen LogP contribution in [0.25, 0.3) is 28.0 Å². The molecule has 9 nitrogen and oxygen atoms in total. The maximum Gasteiger partial charge on any atom is 0.257 e. The van der Waals surface area contributed by atoms with E-state index in [1.165, 1.54) is 6.20 Å². The molecule has 33 heavy (non-hydrogen) atoms. The Morgan fingerprint density at radius 3 is 2.70 bits per heavy atom. The number of pyridine rings is 1. The molecule has 5 aromatic rings. The molecule has 0 atom stereocenters. The standard InChI is InChI=1S/C24H20N6O3/c1-14-18-10-15(22(31)26-17-8-6-16(7-9-17)24(32)12-33-13-24)11-25-21(18)30(29-14)23-27-19-4-2-3-5-20(19)28-23/h2-11,32H,12-13H2,1H3,(H,26,31)(H,27,28). The number of anilines is 1. The first-order valence-corrected chi connectivity index (χ1v) is 10.5. The van der Waals surface area contributed by atoms with E-state index in [4.69, 9.17) is 4.74 Å². The molecule has 2 aromatic carbocycles. The highest BCUT2D eigenvalue weighted by Gasteiger charge is 2.37. The summed E-state index contributed by atoms with van der Waals surface area (Å²) in [7, 11) is 0. The van der Waals surface area contributed by atoms with E-state index >= 15 is 0 Å². The highest BCUT2D eigenvalue weighted by molar-refractivity contribution is 6.05. The Labute approximate surface area is 188 Å².